The molecule has 0 aromatic carbocycles. The average molecular weight is 250 g/mol. The lowest BCUT2D eigenvalue weighted by atomic mass is 10.1. The summed E-state index contributed by atoms with van der Waals surface area (Å²) in [5.74, 6) is 0. The van der Waals surface area contributed by atoms with Gasteiger partial charge in [-0.25, -0.2) is 4.98 Å². The Morgan fingerprint density at radius 2 is 2.00 bits per heavy atom. The number of piperidine rings is 1. The van der Waals surface area contributed by atoms with Crippen molar-refractivity contribution in [3.63, 3.8) is 0 Å². The molecule has 0 saturated carbocycles. The molecule has 0 radical (unpaired) electrons. The average Bonchev–Trinajstić information content (AvgIpc) is 2.29. The largest absolute Gasteiger partial charge is 0.301 e. The van der Waals surface area contributed by atoms with Gasteiger partial charge in [0.05, 0.1) is 5.03 Å². The first kappa shape index (κ1) is 12.9. The zero-order chi connectivity index (χ0) is 12.3. The van der Waals surface area contributed by atoms with Gasteiger partial charge in [-0.2, -0.15) is 0 Å². The molecular weight excluding hydrogens is 228 g/mol. The number of likely N-dealkylation sites (tertiary alicyclic amines) is 1. The Bertz CT molecular complexity index is 357. The fraction of sp³-hybridized carbons (Fsp3) is 0.643. The van der Waals surface area contributed by atoms with Crippen LogP contribution in [0.5, 0.6) is 0 Å². The highest BCUT2D eigenvalue weighted by atomic mass is 32.2. The maximum absolute atomic E-state index is 4.57. The van der Waals surface area contributed by atoms with Gasteiger partial charge in [-0.05, 0) is 58.8 Å². The minimum absolute atomic E-state index is 0.693. The Hall–Kier alpha value is -0.540. The summed E-state index contributed by atoms with van der Waals surface area (Å²) in [5, 5.41) is 1.94. The van der Waals surface area contributed by atoms with Gasteiger partial charge in [-0.3, -0.25) is 0 Å². The zero-order valence-electron chi connectivity index (χ0n) is 11.0. The summed E-state index contributed by atoms with van der Waals surface area (Å²) in [4.78, 5) is 7.14. The zero-order valence-corrected chi connectivity index (χ0v) is 11.8. The molecule has 3 heteroatoms. The number of aromatic nitrogens is 1. The van der Waals surface area contributed by atoms with Gasteiger partial charge in [0.25, 0.3) is 0 Å². The highest BCUT2D eigenvalue weighted by Gasteiger charge is 2.21. The minimum atomic E-state index is 0.693. The second-order valence-electron chi connectivity index (χ2n) is 5.06. The van der Waals surface area contributed by atoms with Gasteiger partial charge in [0, 0.05) is 17.0 Å². The summed E-state index contributed by atoms with van der Waals surface area (Å²) in [6.07, 6.45) is 2.58. The van der Waals surface area contributed by atoms with E-state index in [1.165, 1.54) is 31.0 Å². The molecule has 1 aromatic heterocycles. The van der Waals surface area contributed by atoms with Crippen LogP contribution in [0.2, 0.25) is 0 Å². The molecule has 0 amide bonds. The van der Waals surface area contributed by atoms with E-state index in [1.807, 2.05) is 11.8 Å². The molecular formula is C14H22N2S. The number of hydrogen-bond donors (Lipinski definition) is 0. The predicted octanol–water partition coefficient (Wildman–Crippen LogP) is 3.35. The van der Waals surface area contributed by atoms with Gasteiger partial charge in [0.1, 0.15) is 0 Å². The van der Waals surface area contributed by atoms with E-state index < -0.39 is 0 Å². The fourth-order valence-corrected chi connectivity index (χ4v) is 3.41. The molecule has 17 heavy (non-hydrogen) atoms. The maximum atomic E-state index is 4.57. The van der Waals surface area contributed by atoms with E-state index in [0.29, 0.717) is 6.04 Å². The predicted molar refractivity (Wildman–Crippen MR) is 74.6 cm³/mol. The van der Waals surface area contributed by atoms with Gasteiger partial charge in [-0.15, -0.1) is 11.8 Å². The van der Waals surface area contributed by atoms with E-state index in [4.69, 9.17) is 0 Å². The van der Waals surface area contributed by atoms with Crippen LogP contribution in [0, 0.1) is 6.92 Å². The van der Waals surface area contributed by atoms with E-state index in [1.54, 1.807) is 0 Å². The van der Waals surface area contributed by atoms with Crippen molar-refractivity contribution < 1.29 is 0 Å². The van der Waals surface area contributed by atoms with Gasteiger partial charge in [-0.1, -0.05) is 6.07 Å². The number of rotatable bonds is 3. The van der Waals surface area contributed by atoms with Crippen LogP contribution in [-0.4, -0.2) is 34.3 Å². The topological polar surface area (TPSA) is 16.1 Å². The summed E-state index contributed by atoms with van der Waals surface area (Å²) in [6, 6.07) is 6.99. The first-order valence-electron chi connectivity index (χ1n) is 6.49. The van der Waals surface area contributed by atoms with Crippen LogP contribution >= 0.6 is 11.8 Å². The van der Waals surface area contributed by atoms with E-state index in [2.05, 4.69) is 48.9 Å². The molecule has 0 atom stereocenters. The number of nitrogens with zero attached hydrogens (tertiary/aromatic N) is 2. The molecule has 1 saturated heterocycles. The molecule has 94 valence electrons. The van der Waals surface area contributed by atoms with Crippen LogP contribution in [0.15, 0.2) is 23.2 Å². The van der Waals surface area contributed by atoms with Crippen molar-refractivity contribution in [3.8, 4) is 0 Å². The van der Waals surface area contributed by atoms with Crippen molar-refractivity contribution in [3.05, 3.63) is 23.9 Å². The second kappa shape index (κ2) is 5.87. The Morgan fingerprint density at radius 3 is 2.59 bits per heavy atom. The van der Waals surface area contributed by atoms with Crippen molar-refractivity contribution in [1.82, 2.24) is 9.88 Å². The third-order valence-electron chi connectivity index (χ3n) is 3.36. The molecule has 2 nitrogen and oxygen atoms in total. The van der Waals surface area contributed by atoms with Crippen LogP contribution in [0.1, 0.15) is 32.4 Å². The Labute approximate surface area is 109 Å². The molecule has 1 aliphatic rings. The number of thioether (sulfide) groups is 1. The standard InChI is InChI=1S/C14H22N2S/c1-11(2)16-9-7-13(8-10-16)17-14-6-4-5-12(3)15-14/h4-6,11,13H,7-10H2,1-3H3. The highest BCUT2D eigenvalue weighted by molar-refractivity contribution is 7.99. The van der Waals surface area contributed by atoms with Crippen molar-refractivity contribution in [1.29, 1.82) is 0 Å². The highest BCUT2D eigenvalue weighted by Crippen LogP contribution is 2.29. The van der Waals surface area contributed by atoms with Crippen LogP contribution in [0.4, 0.5) is 0 Å². The molecule has 0 aliphatic carbocycles. The number of aryl methyl sites for hydroxylation is 1. The molecule has 0 N–H and O–H groups in total. The lowest BCUT2D eigenvalue weighted by Gasteiger charge is -2.34. The quantitative estimate of drug-likeness (QED) is 0.818. The number of hydrogen-bond acceptors (Lipinski definition) is 3. The molecule has 2 heterocycles. The molecule has 2 rings (SSSR count). The van der Waals surface area contributed by atoms with Gasteiger partial charge >= 0.3 is 0 Å². The third-order valence-corrected chi connectivity index (χ3v) is 4.63. The smallest absolute Gasteiger partial charge is 0.0965 e. The molecule has 0 bridgehead atoms. The summed E-state index contributed by atoms with van der Waals surface area (Å²) in [5.41, 5.74) is 1.12. The van der Waals surface area contributed by atoms with Crippen molar-refractivity contribution >= 4 is 11.8 Å². The Balaban J connectivity index is 1.86. The van der Waals surface area contributed by atoms with Gasteiger partial charge in [0.15, 0.2) is 0 Å². The maximum Gasteiger partial charge on any atom is 0.0965 e. The first-order valence-corrected chi connectivity index (χ1v) is 7.37. The van der Waals surface area contributed by atoms with Gasteiger partial charge < -0.3 is 4.90 Å². The lowest BCUT2D eigenvalue weighted by molar-refractivity contribution is 0.188. The van der Waals surface area contributed by atoms with Gasteiger partial charge in [0.2, 0.25) is 0 Å². The minimum Gasteiger partial charge on any atom is -0.301 e. The van der Waals surface area contributed by atoms with E-state index in [9.17, 15) is 0 Å². The van der Waals surface area contributed by atoms with E-state index >= 15 is 0 Å². The molecule has 1 aliphatic heterocycles. The third kappa shape index (κ3) is 3.71. The van der Waals surface area contributed by atoms with Crippen molar-refractivity contribution in [2.24, 2.45) is 0 Å². The first-order chi connectivity index (χ1) is 8.15. The van der Waals surface area contributed by atoms with Crippen LogP contribution in [-0.2, 0) is 0 Å². The van der Waals surface area contributed by atoms with Crippen LogP contribution < -0.4 is 0 Å². The summed E-state index contributed by atoms with van der Waals surface area (Å²) in [6.45, 7) is 9.11. The van der Waals surface area contributed by atoms with Crippen LogP contribution in [0.25, 0.3) is 0 Å². The molecule has 1 aromatic rings. The Kier molecular flexibility index (Phi) is 4.46. The monoisotopic (exact) mass is 250 g/mol. The van der Waals surface area contributed by atoms with Crippen LogP contribution in [0.3, 0.4) is 0 Å². The molecule has 0 spiro atoms. The Morgan fingerprint density at radius 1 is 1.29 bits per heavy atom. The summed E-state index contributed by atoms with van der Waals surface area (Å²) in [7, 11) is 0. The van der Waals surface area contributed by atoms with E-state index in [0.717, 1.165) is 10.9 Å². The molecule has 0 unspecified atom stereocenters. The van der Waals surface area contributed by atoms with Crippen molar-refractivity contribution in [2.75, 3.05) is 13.1 Å². The molecule has 1 fully saturated rings. The second-order valence-corrected chi connectivity index (χ2v) is 6.38. The van der Waals surface area contributed by atoms with Crippen molar-refractivity contribution in [2.45, 2.75) is 49.9 Å². The lowest BCUT2D eigenvalue weighted by Crippen LogP contribution is -2.39. The fourth-order valence-electron chi connectivity index (χ4n) is 2.26. The summed E-state index contributed by atoms with van der Waals surface area (Å²) < 4.78 is 0. The SMILES string of the molecule is Cc1cccc(SC2CCN(C(C)C)CC2)n1. The number of pyridine rings is 1. The summed E-state index contributed by atoms with van der Waals surface area (Å²) >= 11 is 1.95. The van der Waals surface area contributed by atoms with E-state index in [-0.39, 0.29) is 0 Å². The normalized spacial score (nSPS) is 18.8.